The van der Waals surface area contributed by atoms with Gasteiger partial charge in [0.2, 0.25) is 5.95 Å². The third-order valence-corrected chi connectivity index (χ3v) is 4.64. The minimum Gasteiger partial charge on any atom is -0.340 e. The molecule has 1 atom stereocenters. The molecule has 116 valence electrons. The minimum atomic E-state index is 0.566. The molecule has 1 fully saturated rings. The first kappa shape index (κ1) is 15.3. The number of piperidine rings is 1. The summed E-state index contributed by atoms with van der Waals surface area (Å²) in [5.74, 6) is 1.68. The van der Waals surface area contributed by atoms with E-state index in [9.17, 15) is 0 Å². The molecule has 1 unspecified atom stereocenters. The predicted octanol–water partition coefficient (Wildman–Crippen LogP) is 4.75. The number of anilines is 3. The van der Waals surface area contributed by atoms with Crippen LogP contribution in [0.1, 0.15) is 32.6 Å². The Balaban J connectivity index is 1.78. The van der Waals surface area contributed by atoms with Crippen LogP contribution in [0.3, 0.4) is 0 Å². The van der Waals surface area contributed by atoms with Gasteiger partial charge in [0, 0.05) is 28.9 Å². The lowest BCUT2D eigenvalue weighted by Crippen LogP contribution is -2.40. The van der Waals surface area contributed by atoms with E-state index in [1.165, 1.54) is 19.3 Å². The van der Waals surface area contributed by atoms with E-state index in [1.807, 2.05) is 36.5 Å². The molecule has 0 saturated carbocycles. The van der Waals surface area contributed by atoms with E-state index < -0.39 is 0 Å². The third-order valence-electron chi connectivity index (χ3n) is 4.11. The van der Waals surface area contributed by atoms with E-state index in [1.54, 1.807) is 0 Å². The summed E-state index contributed by atoms with van der Waals surface area (Å²) in [6.07, 6.45) is 6.76. The van der Waals surface area contributed by atoms with Crippen molar-refractivity contribution >= 4 is 33.4 Å². The van der Waals surface area contributed by atoms with Gasteiger partial charge in [0.1, 0.15) is 5.82 Å². The Labute approximate surface area is 140 Å². The van der Waals surface area contributed by atoms with Crippen molar-refractivity contribution < 1.29 is 0 Å². The van der Waals surface area contributed by atoms with Gasteiger partial charge >= 0.3 is 0 Å². The van der Waals surface area contributed by atoms with Crippen LogP contribution in [0, 0.1) is 0 Å². The zero-order valence-corrected chi connectivity index (χ0v) is 14.4. The average Bonchev–Trinajstić information content (AvgIpc) is 2.57. The SMILES string of the molecule is CCC1CCCCN1c1nccc(Nc2ccc(Br)cc2)n1. The van der Waals surface area contributed by atoms with E-state index in [-0.39, 0.29) is 0 Å². The monoisotopic (exact) mass is 360 g/mol. The molecule has 1 saturated heterocycles. The molecule has 5 heteroatoms. The second-order valence-electron chi connectivity index (χ2n) is 5.63. The van der Waals surface area contributed by atoms with Crippen LogP contribution in [0.25, 0.3) is 0 Å². The number of halogens is 1. The molecule has 1 aliphatic rings. The van der Waals surface area contributed by atoms with Gasteiger partial charge in [0.25, 0.3) is 0 Å². The second-order valence-corrected chi connectivity index (χ2v) is 6.54. The van der Waals surface area contributed by atoms with Crippen molar-refractivity contribution in [1.82, 2.24) is 9.97 Å². The quantitative estimate of drug-likeness (QED) is 0.853. The topological polar surface area (TPSA) is 41.1 Å². The molecule has 1 aromatic carbocycles. The zero-order chi connectivity index (χ0) is 15.4. The van der Waals surface area contributed by atoms with Crippen LogP contribution in [0.15, 0.2) is 41.0 Å². The fourth-order valence-corrected chi connectivity index (χ4v) is 3.19. The van der Waals surface area contributed by atoms with Crippen LogP contribution < -0.4 is 10.2 Å². The van der Waals surface area contributed by atoms with Crippen LogP contribution in [-0.2, 0) is 0 Å². The molecule has 0 bridgehead atoms. The van der Waals surface area contributed by atoms with Crippen LogP contribution in [-0.4, -0.2) is 22.6 Å². The first-order valence-corrected chi connectivity index (χ1v) is 8.68. The average molecular weight is 361 g/mol. The number of nitrogens with one attached hydrogen (secondary N) is 1. The highest BCUT2D eigenvalue weighted by Crippen LogP contribution is 2.25. The number of hydrogen-bond acceptors (Lipinski definition) is 4. The smallest absolute Gasteiger partial charge is 0.227 e. The standard InChI is InChI=1S/C17H21BrN4/c1-2-15-5-3-4-12-22(15)17-19-11-10-16(21-17)20-14-8-6-13(18)7-9-14/h6-11,15H,2-5,12H2,1H3,(H,19,20,21). The molecule has 0 spiro atoms. The van der Waals surface area contributed by atoms with Gasteiger partial charge in [-0.1, -0.05) is 22.9 Å². The van der Waals surface area contributed by atoms with Gasteiger partial charge in [-0.15, -0.1) is 0 Å². The molecular weight excluding hydrogens is 340 g/mol. The van der Waals surface area contributed by atoms with E-state index >= 15 is 0 Å². The van der Waals surface area contributed by atoms with E-state index in [4.69, 9.17) is 4.98 Å². The molecule has 2 heterocycles. The maximum Gasteiger partial charge on any atom is 0.227 e. The van der Waals surface area contributed by atoms with Gasteiger partial charge in [0.15, 0.2) is 0 Å². The Bertz CT molecular complexity index is 614. The van der Waals surface area contributed by atoms with Gasteiger partial charge in [-0.05, 0) is 56.0 Å². The summed E-state index contributed by atoms with van der Waals surface area (Å²) in [6, 6.07) is 10.6. The Morgan fingerprint density at radius 3 is 2.82 bits per heavy atom. The molecule has 22 heavy (non-hydrogen) atoms. The number of hydrogen-bond donors (Lipinski definition) is 1. The maximum absolute atomic E-state index is 4.70. The van der Waals surface area contributed by atoms with Crippen molar-refractivity contribution in [2.45, 2.75) is 38.6 Å². The first-order valence-electron chi connectivity index (χ1n) is 7.88. The van der Waals surface area contributed by atoms with Crippen molar-refractivity contribution in [3.63, 3.8) is 0 Å². The molecule has 4 nitrogen and oxygen atoms in total. The predicted molar refractivity (Wildman–Crippen MR) is 94.7 cm³/mol. The lowest BCUT2D eigenvalue weighted by atomic mass is 10.0. The number of rotatable bonds is 4. The fraction of sp³-hybridized carbons (Fsp3) is 0.412. The summed E-state index contributed by atoms with van der Waals surface area (Å²) < 4.78 is 1.07. The van der Waals surface area contributed by atoms with Crippen LogP contribution in [0.5, 0.6) is 0 Å². The molecule has 0 aliphatic carbocycles. The van der Waals surface area contributed by atoms with E-state index in [0.717, 1.165) is 34.9 Å². The van der Waals surface area contributed by atoms with Crippen LogP contribution in [0.2, 0.25) is 0 Å². The van der Waals surface area contributed by atoms with Crippen molar-refractivity contribution in [3.8, 4) is 0 Å². The fourth-order valence-electron chi connectivity index (χ4n) is 2.93. The number of nitrogens with zero attached hydrogens (tertiary/aromatic N) is 3. The molecule has 0 amide bonds. The van der Waals surface area contributed by atoms with Crippen LogP contribution >= 0.6 is 15.9 Å². The zero-order valence-electron chi connectivity index (χ0n) is 12.8. The van der Waals surface area contributed by atoms with Crippen molar-refractivity contribution in [3.05, 3.63) is 41.0 Å². The number of benzene rings is 1. The van der Waals surface area contributed by atoms with Crippen molar-refractivity contribution in [2.24, 2.45) is 0 Å². The molecule has 1 aromatic heterocycles. The largest absolute Gasteiger partial charge is 0.340 e. The lowest BCUT2D eigenvalue weighted by molar-refractivity contribution is 0.443. The summed E-state index contributed by atoms with van der Waals surface area (Å²) >= 11 is 3.45. The second kappa shape index (κ2) is 7.09. The molecule has 1 aliphatic heterocycles. The summed E-state index contributed by atoms with van der Waals surface area (Å²) in [6.45, 7) is 3.30. The molecular formula is C17H21BrN4. The number of aromatic nitrogens is 2. The van der Waals surface area contributed by atoms with Gasteiger partial charge in [-0.25, -0.2) is 4.98 Å². The summed E-state index contributed by atoms with van der Waals surface area (Å²) in [5.41, 5.74) is 1.03. The summed E-state index contributed by atoms with van der Waals surface area (Å²) in [4.78, 5) is 11.5. The molecule has 0 radical (unpaired) electrons. The van der Waals surface area contributed by atoms with Gasteiger partial charge in [0.05, 0.1) is 0 Å². The van der Waals surface area contributed by atoms with E-state index in [2.05, 4.69) is 38.1 Å². The van der Waals surface area contributed by atoms with Crippen LogP contribution in [0.4, 0.5) is 17.5 Å². The summed E-state index contributed by atoms with van der Waals surface area (Å²) in [5, 5.41) is 3.34. The normalized spacial score (nSPS) is 18.3. The third kappa shape index (κ3) is 3.58. The van der Waals surface area contributed by atoms with Gasteiger partial charge in [-0.3, -0.25) is 0 Å². The van der Waals surface area contributed by atoms with Gasteiger partial charge in [-0.2, -0.15) is 4.98 Å². The summed E-state index contributed by atoms with van der Waals surface area (Å²) in [7, 11) is 0. The van der Waals surface area contributed by atoms with E-state index in [0.29, 0.717) is 6.04 Å². The molecule has 2 aromatic rings. The Morgan fingerprint density at radius 2 is 2.05 bits per heavy atom. The van der Waals surface area contributed by atoms with Gasteiger partial charge < -0.3 is 10.2 Å². The van der Waals surface area contributed by atoms with Crippen molar-refractivity contribution in [1.29, 1.82) is 0 Å². The highest BCUT2D eigenvalue weighted by molar-refractivity contribution is 9.10. The highest BCUT2D eigenvalue weighted by atomic mass is 79.9. The van der Waals surface area contributed by atoms with Crippen molar-refractivity contribution in [2.75, 3.05) is 16.8 Å². The highest BCUT2D eigenvalue weighted by Gasteiger charge is 2.23. The maximum atomic E-state index is 4.70. The Morgan fingerprint density at radius 1 is 1.23 bits per heavy atom. The first-order chi connectivity index (χ1) is 10.8. The Hall–Kier alpha value is -1.62. The Kier molecular flexibility index (Phi) is 4.93. The lowest BCUT2D eigenvalue weighted by Gasteiger charge is -2.35. The minimum absolute atomic E-state index is 0.566. The molecule has 1 N–H and O–H groups in total. The molecule has 3 rings (SSSR count).